The van der Waals surface area contributed by atoms with Gasteiger partial charge in [-0.3, -0.25) is 4.79 Å². The molecule has 0 unspecified atom stereocenters. The summed E-state index contributed by atoms with van der Waals surface area (Å²) >= 11 is 0. The van der Waals surface area contributed by atoms with Crippen molar-refractivity contribution in [3.63, 3.8) is 0 Å². The van der Waals surface area contributed by atoms with Crippen LogP contribution < -0.4 is 15.4 Å². The molecule has 2 N–H and O–H groups in total. The molecule has 2 amide bonds. The van der Waals surface area contributed by atoms with E-state index in [1.54, 1.807) is 24.3 Å². The lowest BCUT2D eigenvalue weighted by atomic mass is 10.1. The summed E-state index contributed by atoms with van der Waals surface area (Å²) in [5.41, 5.74) is 3.46. The van der Waals surface area contributed by atoms with Crippen LogP contribution in [0.3, 0.4) is 0 Å². The Balaban J connectivity index is 2.10. The van der Waals surface area contributed by atoms with Crippen molar-refractivity contribution in [2.45, 2.75) is 27.2 Å². The molecule has 0 heterocycles. The van der Waals surface area contributed by atoms with E-state index in [1.165, 1.54) is 6.92 Å². The Morgan fingerprint density at radius 2 is 1.83 bits per heavy atom. The molecule has 5 nitrogen and oxygen atoms in total. The number of hydrogen-bond donors (Lipinski definition) is 2. The van der Waals surface area contributed by atoms with E-state index >= 15 is 0 Å². The predicted molar refractivity (Wildman–Crippen MR) is 90.9 cm³/mol. The first-order valence-corrected chi connectivity index (χ1v) is 7.44. The Morgan fingerprint density at radius 1 is 1.09 bits per heavy atom. The maximum Gasteiger partial charge on any atom is 0.323 e. The molecule has 2 aromatic rings. The topological polar surface area (TPSA) is 67.4 Å². The van der Waals surface area contributed by atoms with Crippen LogP contribution in [0.5, 0.6) is 5.75 Å². The molecule has 0 atom stereocenters. The van der Waals surface area contributed by atoms with Crippen molar-refractivity contribution >= 4 is 23.4 Å². The third-order valence-electron chi connectivity index (χ3n) is 3.33. The molecular formula is C18H20N2O3. The van der Waals surface area contributed by atoms with Gasteiger partial charge in [0.1, 0.15) is 5.75 Å². The van der Waals surface area contributed by atoms with E-state index < -0.39 is 5.97 Å². The third-order valence-corrected chi connectivity index (χ3v) is 3.33. The molecule has 0 saturated carbocycles. The molecular weight excluding hydrogens is 292 g/mol. The lowest BCUT2D eigenvalue weighted by Gasteiger charge is -2.14. The molecule has 0 aromatic heterocycles. The monoisotopic (exact) mass is 312 g/mol. The Labute approximate surface area is 135 Å². The molecule has 0 fully saturated rings. The number of amides is 2. The number of carbonyl (C=O) groups excluding carboxylic acids is 2. The van der Waals surface area contributed by atoms with E-state index in [-0.39, 0.29) is 6.03 Å². The highest BCUT2D eigenvalue weighted by atomic mass is 16.5. The number of benzene rings is 2. The standard InChI is InChI=1S/C18H20N2O3/c1-4-14-8-5-7-12(2)17(14)20-18(22)19-15-9-6-10-16(11-15)23-13(3)21/h5-11H,4H2,1-3H3,(H2,19,20,22). The van der Waals surface area contributed by atoms with Gasteiger partial charge in [0.15, 0.2) is 0 Å². The summed E-state index contributed by atoms with van der Waals surface area (Å²) in [6.45, 7) is 5.33. The van der Waals surface area contributed by atoms with Crippen LogP contribution in [0.1, 0.15) is 25.0 Å². The van der Waals surface area contributed by atoms with Gasteiger partial charge in [-0.15, -0.1) is 0 Å². The maximum absolute atomic E-state index is 12.2. The Kier molecular flexibility index (Phi) is 5.36. The Hall–Kier alpha value is -2.82. The normalized spacial score (nSPS) is 10.0. The molecule has 0 aliphatic rings. The van der Waals surface area contributed by atoms with Gasteiger partial charge < -0.3 is 15.4 Å². The van der Waals surface area contributed by atoms with Gasteiger partial charge in [0.2, 0.25) is 0 Å². The predicted octanol–water partition coefficient (Wildman–Crippen LogP) is 4.13. The second-order valence-electron chi connectivity index (χ2n) is 5.16. The molecule has 120 valence electrons. The lowest BCUT2D eigenvalue weighted by Crippen LogP contribution is -2.21. The summed E-state index contributed by atoms with van der Waals surface area (Å²) in [4.78, 5) is 23.2. The highest BCUT2D eigenvalue weighted by Crippen LogP contribution is 2.22. The molecule has 0 aliphatic heterocycles. The molecule has 23 heavy (non-hydrogen) atoms. The van der Waals surface area contributed by atoms with Crippen LogP contribution in [0, 0.1) is 6.92 Å². The summed E-state index contributed by atoms with van der Waals surface area (Å²) in [6.07, 6.45) is 0.833. The zero-order valence-electron chi connectivity index (χ0n) is 13.5. The van der Waals surface area contributed by atoms with Crippen molar-refractivity contribution in [1.82, 2.24) is 0 Å². The van der Waals surface area contributed by atoms with Gasteiger partial charge in [-0.2, -0.15) is 0 Å². The Bertz CT molecular complexity index is 726. The third kappa shape index (κ3) is 4.57. The highest BCUT2D eigenvalue weighted by Gasteiger charge is 2.09. The van der Waals surface area contributed by atoms with E-state index in [4.69, 9.17) is 4.74 Å². The first kappa shape index (κ1) is 16.5. The van der Waals surface area contributed by atoms with Gasteiger partial charge in [0, 0.05) is 24.4 Å². The summed E-state index contributed by atoms with van der Waals surface area (Å²) in [5, 5.41) is 5.62. The quantitative estimate of drug-likeness (QED) is 0.659. The molecule has 0 spiro atoms. The van der Waals surface area contributed by atoms with Crippen molar-refractivity contribution in [3.05, 3.63) is 53.6 Å². The minimum absolute atomic E-state index is 0.339. The average Bonchev–Trinajstić information content (AvgIpc) is 2.49. The lowest BCUT2D eigenvalue weighted by molar-refractivity contribution is -0.131. The minimum Gasteiger partial charge on any atom is -0.427 e. The number of esters is 1. The second-order valence-corrected chi connectivity index (χ2v) is 5.16. The van der Waals surface area contributed by atoms with Gasteiger partial charge in [0.05, 0.1) is 0 Å². The van der Waals surface area contributed by atoms with Crippen molar-refractivity contribution < 1.29 is 14.3 Å². The van der Waals surface area contributed by atoms with E-state index in [2.05, 4.69) is 10.6 Å². The van der Waals surface area contributed by atoms with E-state index in [0.29, 0.717) is 11.4 Å². The van der Waals surface area contributed by atoms with E-state index in [1.807, 2.05) is 32.0 Å². The molecule has 0 bridgehead atoms. The first-order valence-electron chi connectivity index (χ1n) is 7.44. The zero-order chi connectivity index (χ0) is 16.8. The SMILES string of the molecule is CCc1cccc(C)c1NC(=O)Nc1cccc(OC(C)=O)c1. The molecule has 0 aliphatic carbocycles. The van der Waals surface area contributed by atoms with Gasteiger partial charge in [-0.05, 0) is 36.6 Å². The summed E-state index contributed by atoms with van der Waals surface area (Å²) in [6, 6.07) is 12.3. The number of anilines is 2. The zero-order valence-corrected chi connectivity index (χ0v) is 13.5. The van der Waals surface area contributed by atoms with Crippen LogP contribution in [0.25, 0.3) is 0 Å². The fraction of sp³-hybridized carbons (Fsp3) is 0.222. The molecule has 2 aromatic carbocycles. The van der Waals surface area contributed by atoms with Gasteiger partial charge in [0.25, 0.3) is 0 Å². The van der Waals surface area contributed by atoms with Gasteiger partial charge in [-0.1, -0.05) is 31.2 Å². The van der Waals surface area contributed by atoms with Crippen molar-refractivity contribution in [1.29, 1.82) is 0 Å². The number of carbonyl (C=O) groups is 2. The number of hydrogen-bond acceptors (Lipinski definition) is 3. The molecule has 2 rings (SSSR count). The van der Waals surface area contributed by atoms with Crippen molar-refractivity contribution in [2.75, 3.05) is 10.6 Å². The molecule has 0 radical (unpaired) electrons. The van der Waals surface area contributed by atoms with Crippen LogP contribution in [-0.2, 0) is 11.2 Å². The summed E-state index contributed by atoms with van der Waals surface area (Å²) in [5.74, 6) is -0.0143. The number of aryl methyl sites for hydroxylation is 2. The fourth-order valence-electron chi connectivity index (χ4n) is 2.28. The smallest absolute Gasteiger partial charge is 0.323 e. The van der Waals surface area contributed by atoms with Crippen LogP contribution in [-0.4, -0.2) is 12.0 Å². The maximum atomic E-state index is 12.2. The largest absolute Gasteiger partial charge is 0.427 e. The average molecular weight is 312 g/mol. The molecule has 0 saturated heterocycles. The van der Waals surface area contributed by atoms with Crippen LogP contribution in [0.15, 0.2) is 42.5 Å². The number of para-hydroxylation sites is 1. The fourth-order valence-corrected chi connectivity index (χ4v) is 2.28. The summed E-state index contributed by atoms with van der Waals surface area (Å²) < 4.78 is 5.00. The minimum atomic E-state index is -0.404. The molecule has 5 heteroatoms. The van der Waals surface area contributed by atoms with Crippen LogP contribution >= 0.6 is 0 Å². The van der Waals surface area contributed by atoms with Crippen molar-refractivity contribution in [3.8, 4) is 5.75 Å². The van der Waals surface area contributed by atoms with Gasteiger partial charge in [-0.25, -0.2) is 4.79 Å². The van der Waals surface area contributed by atoms with Crippen LogP contribution in [0.2, 0.25) is 0 Å². The van der Waals surface area contributed by atoms with Crippen LogP contribution in [0.4, 0.5) is 16.2 Å². The first-order chi connectivity index (χ1) is 11.0. The highest BCUT2D eigenvalue weighted by molar-refractivity contribution is 6.00. The number of ether oxygens (including phenoxy) is 1. The number of rotatable bonds is 4. The van der Waals surface area contributed by atoms with E-state index in [9.17, 15) is 9.59 Å². The van der Waals surface area contributed by atoms with E-state index in [0.717, 1.165) is 23.2 Å². The Morgan fingerprint density at radius 3 is 2.52 bits per heavy atom. The number of nitrogens with one attached hydrogen (secondary N) is 2. The second kappa shape index (κ2) is 7.45. The summed E-state index contributed by atoms with van der Waals surface area (Å²) in [7, 11) is 0. The number of urea groups is 1. The van der Waals surface area contributed by atoms with Gasteiger partial charge >= 0.3 is 12.0 Å². The van der Waals surface area contributed by atoms with Crippen molar-refractivity contribution in [2.24, 2.45) is 0 Å².